The Morgan fingerprint density at radius 1 is 1.41 bits per heavy atom. The number of halogens is 1. The van der Waals surface area contributed by atoms with Crippen molar-refractivity contribution in [2.45, 2.75) is 24.2 Å². The van der Waals surface area contributed by atoms with E-state index in [-0.39, 0.29) is 11.4 Å². The minimum absolute atomic E-state index is 0.0460. The molecule has 116 valence electrons. The molecule has 5 nitrogen and oxygen atoms in total. The molecule has 0 spiro atoms. The summed E-state index contributed by atoms with van der Waals surface area (Å²) in [5, 5.41) is 2.25. The molecule has 0 saturated heterocycles. The van der Waals surface area contributed by atoms with Gasteiger partial charge in [0.15, 0.2) is 0 Å². The number of rotatable bonds is 4. The molecule has 1 atom stereocenters. The van der Waals surface area contributed by atoms with E-state index >= 15 is 0 Å². The van der Waals surface area contributed by atoms with E-state index in [0.29, 0.717) is 11.0 Å². The first-order valence-electron chi connectivity index (χ1n) is 6.69. The van der Waals surface area contributed by atoms with Gasteiger partial charge < -0.3 is 9.29 Å². The fourth-order valence-corrected chi connectivity index (χ4v) is 3.66. The van der Waals surface area contributed by atoms with Gasteiger partial charge in [-0.2, -0.15) is 0 Å². The van der Waals surface area contributed by atoms with Gasteiger partial charge in [-0.25, -0.2) is 14.4 Å². The molecule has 8 heteroatoms. The first kappa shape index (κ1) is 15.9. The van der Waals surface area contributed by atoms with Crippen molar-refractivity contribution in [1.82, 2.24) is 9.97 Å². The number of pyridine rings is 2. The molecule has 0 aromatic carbocycles. The molecular weight excluding hydrogens is 342 g/mol. The molecule has 0 aliphatic heterocycles. The second-order valence-corrected chi connectivity index (χ2v) is 7.43. The van der Waals surface area contributed by atoms with E-state index in [9.17, 15) is 4.55 Å². The number of nitrogens with zero attached hydrogens (tertiary/aromatic N) is 3. The van der Waals surface area contributed by atoms with Gasteiger partial charge in [0.1, 0.15) is 16.5 Å². The third-order valence-corrected chi connectivity index (χ3v) is 5.37. The van der Waals surface area contributed by atoms with Crippen LogP contribution >= 0.6 is 24.4 Å². The molecule has 1 saturated carbocycles. The van der Waals surface area contributed by atoms with Gasteiger partial charge in [0.05, 0.1) is 11.6 Å². The summed E-state index contributed by atoms with van der Waals surface area (Å²) in [5.74, 6) is 0.515. The summed E-state index contributed by atoms with van der Waals surface area (Å²) in [4.78, 5) is 8.44. The van der Waals surface area contributed by atoms with Crippen molar-refractivity contribution in [2.75, 3.05) is 6.26 Å². The summed E-state index contributed by atoms with van der Waals surface area (Å²) in [5.41, 5.74) is 0.794. The Kier molecular flexibility index (Phi) is 4.77. The van der Waals surface area contributed by atoms with E-state index in [1.165, 1.54) is 0 Å². The van der Waals surface area contributed by atoms with Crippen LogP contribution in [0.15, 0.2) is 22.9 Å². The lowest BCUT2D eigenvalue weighted by Crippen LogP contribution is -2.42. The molecule has 2 heterocycles. The summed E-state index contributed by atoms with van der Waals surface area (Å²) in [7, 11) is 0. The van der Waals surface area contributed by atoms with Crippen LogP contribution in [0.1, 0.15) is 18.4 Å². The van der Waals surface area contributed by atoms with Crippen LogP contribution in [0.3, 0.4) is 0 Å². The third kappa shape index (κ3) is 3.17. The Balaban J connectivity index is 1.89. The second kappa shape index (κ2) is 6.62. The molecule has 1 aliphatic carbocycles. The Bertz CT molecular complexity index is 721. The van der Waals surface area contributed by atoms with Gasteiger partial charge in [0, 0.05) is 42.4 Å². The van der Waals surface area contributed by atoms with Crippen molar-refractivity contribution in [3.63, 3.8) is 0 Å². The van der Waals surface area contributed by atoms with Crippen molar-refractivity contribution < 1.29 is 9.29 Å². The number of hydrogen-bond donors (Lipinski definition) is 1. The first-order chi connectivity index (χ1) is 10.6. The quantitative estimate of drug-likeness (QED) is 0.396. The molecule has 0 bridgehead atoms. The van der Waals surface area contributed by atoms with E-state index in [1.807, 2.05) is 0 Å². The third-order valence-electron chi connectivity index (χ3n) is 3.73. The van der Waals surface area contributed by atoms with Gasteiger partial charge in [0.2, 0.25) is 5.88 Å². The van der Waals surface area contributed by atoms with Crippen molar-refractivity contribution in [1.29, 1.82) is 0 Å². The molecule has 0 radical (unpaired) electrons. The summed E-state index contributed by atoms with van der Waals surface area (Å²) in [6, 6.07) is 1.75. The van der Waals surface area contributed by atoms with Gasteiger partial charge in [-0.1, -0.05) is 22.8 Å². The van der Waals surface area contributed by atoms with Crippen LogP contribution < -0.4 is 4.74 Å². The number of thiol groups is 1. The molecule has 1 fully saturated rings. The lowest BCUT2D eigenvalue weighted by molar-refractivity contribution is 0.119. The van der Waals surface area contributed by atoms with Gasteiger partial charge in [-0.3, -0.25) is 0 Å². The minimum atomic E-state index is -0.795. The molecule has 0 amide bonds. The predicted molar refractivity (Wildman–Crippen MR) is 92.6 cm³/mol. The summed E-state index contributed by atoms with van der Waals surface area (Å²) >= 11 is 9.03. The highest BCUT2D eigenvalue weighted by Gasteiger charge is 2.38. The summed E-state index contributed by atoms with van der Waals surface area (Å²) < 4.78 is 21.0. The molecule has 22 heavy (non-hydrogen) atoms. The van der Waals surface area contributed by atoms with E-state index in [2.05, 4.69) is 27.2 Å². The predicted octanol–water partition coefficient (Wildman–Crippen LogP) is 2.84. The standard InChI is InChI=1S/C14H14ClN3O2S2/c1-22(19)10-2-9(3-10)20-14-12-7-16-13(15)4-11(12)8(5-17-14)6-18-21/h4-7,9-10,21H,2-3H2,1H3/b18-6+. The average molecular weight is 356 g/mol. The average Bonchev–Trinajstić information content (AvgIpc) is 2.43. The van der Waals surface area contributed by atoms with Crippen LogP contribution in [0, 0.1) is 0 Å². The van der Waals surface area contributed by atoms with E-state index in [1.54, 1.807) is 30.9 Å². The molecule has 0 N–H and O–H groups in total. The van der Waals surface area contributed by atoms with Crippen LogP contribution in [-0.2, 0) is 11.2 Å². The van der Waals surface area contributed by atoms with Crippen molar-refractivity contribution >= 4 is 52.6 Å². The fourth-order valence-electron chi connectivity index (χ4n) is 2.41. The zero-order valence-corrected chi connectivity index (χ0v) is 14.2. The van der Waals surface area contributed by atoms with Crippen molar-refractivity contribution in [2.24, 2.45) is 4.40 Å². The summed E-state index contributed by atoms with van der Waals surface area (Å²) in [6.45, 7) is 0. The molecule has 3 rings (SSSR count). The summed E-state index contributed by atoms with van der Waals surface area (Å²) in [6.07, 6.45) is 8.25. The Morgan fingerprint density at radius 2 is 2.18 bits per heavy atom. The largest absolute Gasteiger partial charge is 0.616 e. The lowest BCUT2D eigenvalue weighted by atomic mass is 9.95. The van der Waals surface area contributed by atoms with Gasteiger partial charge in [-0.15, -0.1) is 0 Å². The highest BCUT2D eigenvalue weighted by Crippen LogP contribution is 2.33. The topological polar surface area (TPSA) is 70.4 Å². The zero-order valence-electron chi connectivity index (χ0n) is 11.8. The SMILES string of the molecule is C[S+]([O-])C1CC(Oc2ncc(/C=N/S)c3cc(Cl)ncc23)C1. The number of hydrogen-bond acceptors (Lipinski definition) is 6. The Morgan fingerprint density at radius 3 is 2.86 bits per heavy atom. The fraction of sp³-hybridized carbons (Fsp3) is 0.357. The Labute approximate surface area is 141 Å². The first-order valence-corrected chi connectivity index (χ1v) is 9.09. The van der Waals surface area contributed by atoms with Crippen molar-refractivity contribution in [3.05, 3.63) is 29.2 Å². The van der Waals surface area contributed by atoms with Crippen LogP contribution in [0.5, 0.6) is 5.88 Å². The lowest BCUT2D eigenvalue weighted by Gasteiger charge is -2.34. The second-order valence-electron chi connectivity index (χ2n) is 5.15. The van der Waals surface area contributed by atoms with Crippen LogP contribution in [0.4, 0.5) is 0 Å². The monoisotopic (exact) mass is 355 g/mol. The van der Waals surface area contributed by atoms with Gasteiger partial charge >= 0.3 is 0 Å². The maximum absolute atomic E-state index is 11.4. The molecular formula is C14H14ClN3O2S2. The molecule has 2 aromatic heterocycles. The van der Waals surface area contributed by atoms with E-state index in [4.69, 9.17) is 16.3 Å². The number of ether oxygens (including phenoxy) is 1. The zero-order chi connectivity index (χ0) is 15.7. The minimum Gasteiger partial charge on any atom is -0.616 e. The van der Waals surface area contributed by atoms with E-state index < -0.39 is 11.2 Å². The highest BCUT2D eigenvalue weighted by atomic mass is 35.5. The smallest absolute Gasteiger partial charge is 0.223 e. The highest BCUT2D eigenvalue weighted by molar-refractivity contribution is 7.91. The molecule has 2 aromatic rings. The number of fused-ring (bicyclic) bond motifs is 1. The van der Waals surface area contributed by atoms with Crippen LogP contribution in [0.2, 0.25) is 5.15 Å². The normalized spacial score (nSPS) is 22.7. The van der Waals surface area contributed by atoms with Crippen LogP contribution in [-0.4, -0.2) is 38.3 Å². The van der Waals surface area contributed by atoms with Gasteiger partial charge in [-0.05, 0) is 18.9 Å². The van der Waals surface area contributed by atoms with Gasteiger partial charge in [0.25, 0.3) is 0 Å². The van der Waals surface area contributed by atoms with Crippen LogP contribution in [0.25, 0.3) is 10.8 Å². The molecule has 1 aliphatic rings. The Hall–Kier alpha value is -1.02. The molecule has 1 unspecified atom stereocenters. The maximum Gasteiger partial charge on any atom is 0.223 e. The maximum atomic E-state index is 11.4. The van der Waals surface area contributed by atoms with E-state index in [0.717, 1.165) is 29.2 Å². The number of aromatic nitrogens is 2. The van der Waals surface area contributed by atoms with Crippen molar-refractivity contribution in [3.8, 4) is 5.88 Å².